The zero-order chi connectivity index (χ0) is 41.8. The molecule has 0 amide bonds. The van der Waals surface area contributed by atoms with Crippen LogP contribution in [0.3, 0.4) is 0 Å². The van der Waals surface area contributed by atoms with E-state index in [1.807, 2.05) is 0 Å². The molecule has 4 heteroatoms. The van der Waals surface area contributed by atoms with Gasteiger partial charge in [0.15, 0.2) is 0 Å². The Balaban J connectivity index is 1.24. The molecular weight excluding hydrogens is 757 g/mol. The van der Waals surface area contributed by atoms with Gasteiger partial charge in [-0.3, -0.25) is 10.6 Å². The van der Waals surface area contributed by atoms with E-state index in [0.717, 1.165) is 66.8 Å². The molecule has 4 nitrogen and oxygen atoms in total. The molecule has 4 atom stereocenters. The SMILES string of the molecule is C[C@H](NC1c2cccc(c2)[C@H](N[C@@H](C)c2ccccc2)c2c(ccc3ccccc23)OCc2ccccc2-c2ccccc2COc2ccc3ccccc3c21)c1ccccc1. The second kappa shape index (κ2) is 17.6. The summed E-state index contributed by atoms with van der Waals surface area (Å²) >= 11 is 0. The van der Waals surface area contributed by atoms with Crippen molar-refractivity contribution < 1.29 is 9.47 Å². The Morgan fingerprint density at radius 2 is 0.806 bits per heavy atom. The standard InChI is InChI=1S/C58H50N2O2/c1-39(41-18-5-3-6-19-41)59-57-45-26-17-27-46(36-45)58(60-40(2)42-20-7-4-8-21-42)56-52-31-16-10-23-44(52)33-35-54(56)62-38-48-25-12-14-29-50(48)49-28-13-11-24-47(49)37-61-53-34-32-43-22-9-15-30-51(43)55(53)57/h3-36,39-40,57-60H,37-38H2,1-2H3/t39-,40-,57-,58?/m0/s1. The highest BCUT2D eigenvalue weighted by Gasteiger charge is 2.28. The second-order valence-electron chi connectivity index (χ2n) is 16.4. The summed E-state index contributed by atoms with van der Waals surface area (Å²) in [5.41, 5.74) is 11.4. The highest BCUT2D eigenvalue weighted by Crippen LogP contribution is 2.43. The third kappa shape index (κ3) is 7.87. The second-order valence-corrected chi connectivity index (χ2v) is 16.4. The summed E-state index contributed by atoms with van der Waals surface area (Å²) < 4.78 is 14.2. The van der Waals surface area contributed by atoms with Gasteiger partial charge in [-0.15, -0.1) is 0 Å². The van der Waals surface area contributed by atoms with Gasteiger partial charge in [0.2, 0.25) is 0 Å². The van der Waals surface area contributed by atoms with E-state index in [0.29, 0.717) is 13.2 Å². The van der Waals surface area contributed by atoms with E-state index >= 15 is 0 Å². The minimum atomic E-state index is -0.242. The van der Waals surface area contributed by atoms with Crippen LogP contribution >= 0.6 is 0 Å². The molecule has 2 N–H and O–H groups in total. The summed E-state index contributed by atoms with van der Waals surface area (Å²) in [6.45, 7) is 5.31. The van der Waals surface area contributed by atoms with Crippen molar-refractivity contribution in [2.24, 2.45) is 0 Å². The van der Waals surface area contributed by atoms with Crippen molar-refractivity contribution in [3.05, 3.63) is 251 Å². The quantitative estimate of drug-likeness (QED) is 0.176. The van der Waals surface area contributed by atoms with Crippen LogP contribution in [-0.4, -0.2) is 0 Å². The van der Waals surface area contributed by atoms with Crippen molar-refractivity contribution in [2.75, 3.05) is 0 Å². The molecule has 304 valence electrons. The normalized spacial score (nSPS) is 16.0. The van der Waals surface area contributed by atoms with Crippen molar-refractivity contribution >= 4 is 21.5 Å². The van der Waals surface area contributed by atoms with Crippen LogP contribution in [0, 0.1) is 0 Å². The molecule has 9 aromatic carbocycles. The Morgan fingerprint density at radius 3 is 1.27 bits per heavy atom. The lowest BCUT2D eigenvalue weighted by molar-refractivity contribution is 0.299. The molecule has 0 aromatic heterocycles. The van der Waals surface area contributed by atoms with E-state index in [4.69, 9.17) is 9.47 Å². The van der Waals surface area contributed by atoms with Gasteiger partial charge in [-0.25, -0.2) is 0 Å². The summed E-state index contributed by atoms with van der Waals surface area (Å²) in [6, 6.07) is 73.4. The smallest absolute Gasteiger partial charge is 0.125 e. The first-order valence-corrected chi connectivity index (χ1v) is 21.8. The van der Waals surface area contributed by atoms with Crippen molar-refractivity contribution in [3.63, 3.8) is 0 Å². The van der Waals surface area contributed by atoms with E-state index in [1.54, 1.807) is 0 Å². The Kier molecular flexibility index (Phi) is 11.1. The highest BCUT2D eigenvalue weighted by atomic mass is 16.5. The number of rotatable bonds is 6. The first kappa shape index (κ1) is 39.2. The van der Waals surface area contributed by atoms with E-state index in [1.165, 1.54) is 21.9 Å². The highest BCUT2D eigenvalue weighted by molar-refractivity contribution is 5.90. The van der Waals surface area contributed by atoms with Gasteiger partial charge in [0.1, 0.15) is 24.7 Å². The van der Waals surface area contributed by atoms with Gasteiger partial charge in [0.05, 0.1) is 12.1 Å². The van der Waals surface area contributed by atoms with Gasteiger partial charge in [0, 0.05) is 23.2 Å². The number of ether oxygens (including phenoxy) is 2. The molecule has 0 aliphatic carbocycles. The van der Waals surface area contributed by atoms with Crippen LogP contribution in [0.2, 0.25) is 0 Å². The molecule has 62 heavy (non-hydrogen) atoms. The van der Waals surface area contributed by atoms with E-state index in [2.05, 4.69) is 231 Å². The van der Waals surface area contributed by atoms with Crippen LogP contribution in [0.4, 0.5) is 0 Å². The summed E-state index contributed by atoms with van der Waals surface area (Å²) in [7, 11) is 0. The fourth-order valence-corrected chi connectivity index (χ4v) is 9.31. The molecule has 0 fully saturated rings. The third-order valence-corrected chi connectivity index (χ3v) is 12.5. The van der Waals surface area contributed by atoms with Gasteiger partial charge in [-0.1, -0.05) is 194 Å². The maximum atomic E-state index is 7.09. The first-order valence-electron chi connectivity index (χ1n) is 21.8. The third-order valence-electron chi connectivity index (χ3n) is 12.5. The van der Waals surface area contributed by atoms with Crippen LogP contribution in [0.25, 0.3) is 32.7 Å². The predicted octanol–water partition coefficient (Wildman–Crippen LogP) is 14.0. The van der Waals surface area contributed by atoms with Crippen molar-refractivity contribution in [1.82, 2.24) is 10.6 Å². The number of hydrogen-bond donors (Lipinski definition) is 2. The lowest BCUT2D eigenvalue weighted by Gasteiger charge is -2.30. The van der Waals surface area contributed by atoms with Crippen molar-refractivity contribution in [3.8, 4) is 22.6 Å². The predicted molar refractivity (Wildman–Crippen MR) is 255 cm³/mol. The molecule has 2 bridgehead atoms. The van der Waals surface area contributed by atoms with Crippen LogP contribution in [0.15, 0.2) is 206 Å². The first-order chi connectivity index (χ1) is 30.6. The van der Waals surface area contributed by atoms with Gasteiger partial charge in [0.25, 0.3) is 0 Å². The Morgan fingerprint density at radius 1 is 0.403 bits per heavy atom. The van der Waals surface area contributed by atoms with Crippen molar-refractivity contribution in [2.45, 2.75) is 51.2 Å². The Labute approximate surface area is 364 Å². The zero-order valence-corrected chi connectivity index (χ0v) is 35.2. The minimum Gasteiger partial charge on any atom is -0.489 e. The number of benzene rings is 9. The van der Waals surface area contributed by atoms with E-state index in [-0.39, 0.29) is 24.2 Å². The summed E-state index contributed by atoms with van der Waals surface area (Å²) in [6.07, 6.45) is 0. The molecule has 1 heterocycles. The van der Waals surface area contributed by atoms with E-state index in [9.17, 15) is 0 Å². The van der Waals surface area contributed by atoms with Gasteiger partial charge in [-0.2, -0.15) is 0 Å². The summed E-state index contributed by atoms with van der Waals surface area (Å²) in [5, 5.41) is 12.9. The van der Waals surface area contributed by atoms with Crippen LogP contribution in [0.5, 0.6) is 11.5 Å². The lowest BCUT2D eigenvalue weighted by atomic mass is 9.87. The molecule has 0 saturated carbocycles. The molecule has 10 rings (SSSR count). The molecule has 1 aliphatic heterocycles. The lowest BCUT2D eigenvalue weighted by Crippen LogP contribution is -2.28. The van der Waals surface area contributed by atoms with Crippen LogP contribution < -0.4 is 20.1 Å². The Bertz CT molecular complexity index is 2780. The average molecular weight is 807 g/mol. The molecule has 0 radical (unpaired) electrons. The summed E-state index contributed by atoms with van der Waals surface area (Å²) in [5.74, 6) is 1.71. The maximum absolute atomic E-state index is 7.09. The van der Waals surface area contributed by atoms with Gasteiger partial charge < -0.3 is 9.47 Å². The fourth-order valence-electron chi connectivity index (χ4n) is 9.31. The number of hydrogen-bond acceptors (Lipinski definition) is 4. The fraction of sp³-hybridized carbons (Fsp3) is 0.138. The van der Waals surface area contributed by atoms with E-state index < -0.39 is 0 Å². The monoisotopic (exact) mass is 806 g/mol. The number of nitrogens with one attached hydrogen (secondary N) is 2. The Hall–Kier alpha value is -6.98. The largest absolute Gasteiger partial charge is 0.489 e. The topological polar surface area (TPSA) is 42.5 Å². The summed E-state index contributed by atoms with van der Waals surface area (Å²) in [4.78, 5) is 0. The molecule has 1 aliphatic rings. The van der Waals surface area contributed by atoms with Crippen LogP contribution in [-0.2, 0) is 13.2 Å². The maximum Gasteiger partial charge on any atom is 0.125 e. The van der Waals surface area contributed by atoms with Crippen molar-refractivity contribution in [1.29, 1.82) is 0 Å². The van der Waals surface area contributed by atoms with Crippen LogP contribution in [0.1, 0.15) is 82.5 Å². The molecule has 9 aromatic rings. The minimum absolute atomic E-state index is 0.0214. The molecular formula is C58H50N2O2. The van der Waals surface area contributed by atoms with Gasteiger partial charge >= 0.3 is 0 Å². The molecule has 1 unspecified atom stereocenters. The molecule has 0 saturated heterocycles. The molecule has 0 spiro atoms. The zero-order valence-electron chi connectivity index (χ0n) is 35.2. The average Bonchev–Trinajstić information content (AvgIpc) is 3.34. The number of fused-ring (bicyclic) bond motifs is 11. The van der Waals surface area contributed by atoms with Gasteiger partial charge in [-0.05, 0) is 92.0 Å².